The zero-order valence-electron chi connectivity index (χ0n) is 34.6. The lowest BCUT2D eigenvalue weighted by Crippen LogP contribution is -2.11. The van der Waals surface area contributed by atoms with Crippen LogP contribution in [0.1, 0.15) is 44.5 Å². The van der Waals surface area contributed by atoms with E-state index in [1.54, 1.807) is 25.3 Å². The average Bonchev–Trinajstić information content (AvgIpc) is 3.33. The molecule has 0 aliphatic carbocycles. The molecule has 0 aliphatic heterocycles. The van der Waals surface area contributed by atoms with E-state index in [2.05, 4.69) is 96.8 Å². The smallest absolute Gasteiger partial charge is 0.347 e. The molecule has 0 amide bonds. The van der Waals surface area contributed by atoms with Gasteiger partial charge in [0.05, 0.1) is 18.3 Å². The molecular formula is C56H40N4O3. The van der Waals surface area contributed by atoms with Gasteiger partial charge in [0.15, 0.2) is 5.57 Å². The maximum absolute atomic E-state index is 11.7. The molecule has 0 fully saturated rings. The highest BCUT2D eigenvalue weighted by atomic mass is 16.5. The van der Waals surface area contributed by atoms with Crippen molar-refractivity contribution in [1.29, 1.82) is 15.8 Å². The molecule has 0 radical (unpaired) electrons. The molecule has 0 saturated heterocycles. The lowest BCUT2D eigenvalue weighted by atomic mass is 9.94. The molecule has 7 heteroatoms. The first-order valence-corrected chi connectivity index (χ1v) is 20.1. The summed E-state index contributed by atoms with van der Waals surface area (Å²) in [6.07, 6.45) is 5.76. The third-order valence-corrected chi connectivity index (χ3v) is 10.5. The van der Waals surface area contributed by atoms with Crippen molar-refractivity contribution in [2.24, 2.45) is 0 Å². The Morgan fingerprint density at radius 2 is 0.952 bits per heavy atom. The molecule has 0 heterocycles. The Labute approximate surface area is 367 Å². The van der Waals surface area contributed by atoms with Crippen LogP contribution in [-0.4, -0.2) is 18.2 Å². The predicted octanol–water partition coefficient (Wildman–Crippen LogP) is 13.0. The van der Waals surface area contributed by atoms with Crippen LogP contribution in [0.3, 0.4) is 0 Å². The van der Waals surface area contributed by atoms with Gasteiger partial charge in [0.25, 0.3) is 0 Å². The minimum absolute atomic E-state index is 0.232. The highest BCUT2D eigenvalue weighted by Gasteiger charge is 2.20. The van der Waals surface area contributed by atoms with E-state index in [1.807, 2.05) is 103 Å². The number of hydrogen-bond donors (Lipinski definition) is 1. The Morgan fingerprint density at radius 3 is 1.37 bits per heavy atom. The SMILES string of the molecule is COc1cc(N(c2ccc(/C=C(C#N)\C(C#N)=C(/C#N)C(=O)O)cc2)c2ccc(C=C(c3ccccc3)c3ccccc3)c(C)c2)ccc1C=C(c1ccccc1)c1ccccc1. The Hall–Kier alpha value is -8.96. The second-order valence-corrected chi connectivity index (χ2v) is 14.4. The van der Waals surface area contributed by atoms with Crippen molar-refractivity contribution in [3.63, 3.8) is 0 Å². The number of carboxylic acids is 1. The summed E-state index contributed by atoms with van der Waals surface area (Å²) in [7, 11) is 1.66. The molecule has 7 aromatic carbocycles. The van der Waals surface area contributed by atoms with Gasteiger partial charge in [-0.2, -0.15) is 15.8 Å². The number of allylic oxidation sites excluding steroid dienone is 2. The van der Waals surface area contributed by atoms with Crippen LogP contribution in [0.5, 0.6) is 5.75 Å². The van der Waals surface area contributed by atoms with Gasteiger partial charge in [-0.1, -0.05) is 140 Å². The van der Waals surface area contributed by atoms with Crippen molar-refractivity contribution < 1.29 is 14.6 Å². The van der Waals surface area contributed by atoms with Gasteiger partial charge in [0.1, 0.15) is 24.0 Å². The molecular weight excluding hydrogens is 777 g/mol. The minimum Gasteiger partial charge on any atom is -0.496 e. The summed E-state index contributed by atoms with van der Waals surface area (Å²) in [6.45, 7) is 2.09. The molecule has 1 N–H and O–H groups in total. The van der Waals surface area contributed by atoms with Crippen LogP contribution in [0, 0.1) is 40.9 Å². The summed E-state index contributed by atoms with van der Waals surface area (Å²) >= 11 is 0. The first kappa shape index (κ1) is 42.2. The van der Waals surface area contributed by atoms with Crippen LogP contribution in [0.4, 0.5) is 17.1 Å². The molecule has 0 aliphatic rings. The lowest BCUT2D eigenvalue weighted by Gasteiger charge is -2.27. The van der Waals surface area contributed by atoms with Crippen molar-refractivity contribution >= 4 is 52.4 Å². The maximum Gasteiger partial charge on any atom is 0.347 e. The van der Waals surface area contributed by atoms with Crippen LogP contribution in [-0.2, 0) is 4.79 Å². The molecule has 0 spiro atoms. The van der Waals surface area contributed by atoms with Gasteiger partial charge in [-0.15, -0.1) is 0 Å². The standard InChI is InChI=1S/C56H40N4O3/c1-39-31-49(29-25-45(39)33-51(41-15-7-3-8-16-41)42-17-9-4-10-18-42)60(48-27-23-40(24-28-48)32-47(36-57)53(37-58)54(38-59)56(61)62)50-30-26-46(55(35-50)63-2)34-52(43-19-11-5-12-20-43)44-21-13-6-14-22-44/h3-35H,1-2H3,(H,61,62)/b47-32-,54-53+. The van der Waals surface area contributed by atoms with E-state index >= 15 is 0 Å². The number of benzene rings is 7. The van der Waals surface area contributed by atoms with E-state index in [9.17, 15) is 25.7 Å². The molecule has 63 heavy (non-hydrogen) atoms. The summed E-state index contributed by atoms with van der Waals surface area (Å²) in [5.41, 5.74) is 11.0. The summed E-state index contributed by atoms with van der Waals surface area (Å²) in [5.74, 6) is -0.920. The Balaban J connectivity index is 1.36. The fourth-order valence-corrected chi connectivity index (χ4v) is 7.32. The maximum atomic E-state index is 11.7. The summed E-state index contributed by atoms with van der Waals surface area (Å²) in [5, 5.41) is 38.5. The van der Waals surface area contributed by atoms with E-state index < -0.39 is 17.1 Å². The van der Waals surface area contributed by atoms with Gasteiger partial charge in [0, 0.05) is 28.7 Å². The molecule has 0 atom stereocenters. The zero-order chi connectivity index (χ0) is 44.1. The zero-order valence-corrected chi connectivity index (χ0v) is 34.6. The molecule has 7 nitrogen and oxygen atoms in total. The van der Waals surface area contributed by atoms with Crippen LogP contribution >= 0.6 is 0 Å². The van der Waals surface area contributed by atoms with Crippen molar-refractivity contribution in [2.45, 2.75) is 6.92 Å². The lowest BCUT2D eigenvalue weighted by molar-refractivity contribution is -0.132. The topological polar surface area (TPSA) is 121 Å². The highest BCUT2D eigenvalue weighted by Crippen LogP contribution is 2.40. The molecule has 0 unspecified atom stereocenters. The minimum atomic E-state index is -1.58. The van der Waals surface area contributed by atoms with Crippen LogP contribution in [0.15, 0.2) is 199 Å². The van der Waals surface area contributed by atoms with E-state index in [4.69, 9.17) is 4.74 Å². The highest BCUT2D eigenvalue weighted by molar-refractivity contribution is 5.96. The number of hydrogen-bond acceptors (Lipinski definition) is 6. The number of carboxylic acid groups (broad SMARTS) is 1. The molecule has 7 rings (SSSR count). The largest absolute Gasteiger partial charge is 0.496 e. The van der Waals surface area contributed by atoms with Crippen LogP contribution < -0.4 is 9.64 Å². The van der Waals surface area contributed by atoms with E-state index in [0.29, 0.717) is 11.3 Å². The first-order valence-electron chi connectivity index (χ1n) is 20.1. The number of nitriles is 3. The molecule has 0 saturated carbocycles. The molecule has 0 bridgehead atoms. The predicted molar refractivity (Wildman–Crippen MR) is 252 cm³/mol. The summed E-state index contributed by atoms with van der Waals surface area (Å²) < 4.78 is 6.09. The van der Waals surface area contributed by atoms with Crippen LogP contribution in [0.2, 0.25) is 0 Å². The van der Waals surface area contributed by atoms with Gasteiger partial charge in [-0.3, -0.25) is 0 Å². The van der Waals surface area contributed by atoms with Gasteiger partial charge >= 0.3 is 5.97 Å². The number of ether oxygens (including phenoxy) is 1. The number of rotatable bonds is 13. The van der Waals surface area contributed by atoms with E-state index in [-0.39, 0.29) is 5.57 Å². The fourth-order valence-electron chi connectivity index (χ4n) is 7.32. The number of carbonyl (C=O) groups is 1. The summed E-state index contributed by atoms with van der Waals surface area (Å²) in [6, 6.07) is 66.0. The molecule has 302 valence electrons. The van der Waals surface area contributed by atoms with Crippen LogP contribution in [0.25, 0.3) is 29.4 Å². The van der Waals surface area contributed by atoms with E-state index in [0.717, 1.165) is 67.2 Å². The van der Waals surface area contributed by atoms with Crippen molar-refractivity contribution in [1.82, 2.24) is 0 Å². The monoisotopic (exact) mass is 816 g/mol. The number of aliphatic carboxylic acids is 1. The third-order valence-electron chi connectivity index (χ3n) is 10.5. The van der Waals surface area contributed by atoms with Crippen molar-refractivity contribution in [2.75, 3.05) is 12.0 Å². The first-order chi connectivity index (χ1) is 30.8. The number of anilines is 3. The Kier molecular flexibility index (Phi) is 13.3. The quantitative estimate of drug-likeness (QED) is 0.0532. The second kappa shape index (κ2) is 19.9. The second-order valence-electron chi connectivity index (χ2n) is 14.4. The number of nitrogens with zero attached hydrogens (tertiary/aromatic N) is 4. The molecule has 7 aromatic rings. The van der Waals surface area contributed by atoms with Gasteiger partial charge in [-0.05, 0) is 112 Å². The average molecular weight is 817 g/mol. The van der Waals surface area contributed by atoms with E-state index in [1.165, 1.54) is 12.1 Å². The number of methoxy groups -OCH3 is 1. The van der Waals surface area contributed by atoms with Gasteiger partial charge in [-0.25, -0.2) is 4.79 Å². The summed E-state index contributed by atoms with van der Waals surface area (Å²) in [4.78, 5) is 13.8. The van der Waals surface area contributed by atoms with Crippen molar-refractivity contribution in [3.05, 3.63) is 243 Å². The normalized spacial score (nSPS) is 11.1. The number of aryl methyl sites for hydroxylation is 1. The fraction of sp³-hybridized carbons (Fsp3) is 0.0357. The Morgan fingerprint density at radius 1 is 0.524 bits per heavy atom. The molecule has 0 aromatic heterocycles. The Bertz CT molecular complexity index is 2940. The van der Waals surface area contributed by atoms with Gasteiger partial charge < -0.3 is 14.7 Å². The third kappa shape index (κ3) is 9.75. The van der Waals surface area contributed by atoms with Gasteiger partial charge in [0.2, 0.25) is 0 Å². The van der Waals surface area contributed by atoms with Crippen molar-refractivity contribution in [3.8, 4) is 24.0 Å².